The minimum Gasteiger partial charge on any atom is -0.339 e. The van der Waals surface area contributed by atoms with E-state index in [0.717, 1.165) is 12.8 Å². The molecule has 1 aliphatic carbocycles. The van der Waals surface area contributed by atoms with Gasteiger partial charge in [-0.05, 0) is 25.0 Å². The maximum atomic E-state index is 11.7. The second-order valence-electron chi connectivity index (χ2n) is 4.26. The van der Waals surface area contributed by atoms with Crippen molar-refractivity contribution in [2.75, 3.05) is 5.32 Å². The lowest BCUT2D eigenvalue weighted by atomic mass is 10.3. The summed E-state index contributed by atoms with van der Waals surface area (Å²) in [6.07, 6.45) is 3.92. The molecular weight excluding hydrogens is 232 g/mol. The molecule has 0 bridgehead atoms. The fourth-order valence-electron chi connectivity index (χ4n) is 1.60. The number of hydrogen-bond acceptors (Lipinski definition) is 5. The van der Waals surface area contributed by atoms with Crippen molar-refractivity contribution in [1.82, 2.24) is 15.1 Å². The van der Waals surface area contributed by atoms with Crippen molar-refractivity contribution in [3.8, 4) is 0 Å². The first kappa shape index (κ1) is 10.9. The molecule has 1 saturated carbocycles. The molecule has 0 unspecified atom stereocenters. The van der Waals surface area contributed by atoms with Gasteiger partial charge in [0, 0.05) is 12.1 Å². The van der Waals surface area contributed by atoms with Crippen LogP contribution in [0.4, 0.5) is 5.82 Å². The van der Waals surface area contributed by atoms with Gasteiger partial charge in [-0.15, -0.1) is 0 Å². The summed E-state index contributed by atoms with van der Waals surface area (Å²) in [6.45, 7) is 0. The topological polar surface area (TPSA) is 80.9 Å². The Morgan fingerprint density at radius 2 is 2.33 bits per heavy atom. The zero-order chi connectivity index (χ0) is 12.4. The van der Waals surface area contributed by atoms with E-state index in [9.17, 15) is 4.79 Å². The van der Waals surface area contributed by atoms with Gasteiger partial charge < -0.3 is 9.84 Å². The van der Waals surface area contributed by atoms with Gasteiger partial charge in [0.1, 0.15) is 5.82 Å². The number of nitrogens with one attached hydrogen (secondary N) is 1. The lowest BCUT2D eigenvalue weighted by molar-refractivity contribution is -0.115. The third-order valence-electron chi connectivity index (χ3n) is 2.66. The molecule has 18 heavy (non-hydrogen) atoms. The zero-order valence-electron chi connectivity index (χ0n) is 9.67. The van der Waals surface area contributed by atoms with Gasteiger partial charge >= 0.3 is 0 Å². The van der Waals surface area contributed by atoms with E-state index in [4.69, 9.17) is 4.52 Å². The van der Waals surface area contributed by atoms with Crippen molar-refractivity contribution in [1.29, 1.82) is 0 Å². The van der Waals surface area contributed by atoms with Crippen molar-refractivity contribution < 1.29 is 9.32 Å². The second-order valence-corrected chi connectivity index (χ2v) is 4.26. The maximum absolute atomic E-state index is 11.7. The normalized spacial score (nSPS) is 14.4. The third kappa shape index (κ3) is 2.53. The molecule has 0 aromatic carbocycles. The summed E-state index contributed by atoms with van der Waals surface area (Å²) in [6, 6.07) is 5.32. The predicted molar refractivity (Wildman–Crippen MR) is 62.8 cm³/mol. The smallest absolute Gasteiger partial charge is 0.233 e. The molecule has 1 fully saturated rings. The van der Waals surface area contributed by atoms with Gasteiger partial charge in [0.2, 0.25) is 11.8 Å². The summed E-state index contributed by atoms with van der Waals surface area (Å²) < 4.78 is 5.08. The predicted octanol–water partition coefficient (Wildman–Crippen LogP) is 1.52. The Hall–Kier alpha value is -2.24. The van der Waals surface area contributed by atoms with Crippen LogP contribution in [0.5, 0.6) is 0 Å². The van der Waals surface area contributed by atoms with Crippen LogP contribution in [0.1, 0.15) is 30.5 Å². The van der Waals surface area contributed by atoms with Crippen molar-refractivity contribution in [2.45, 2.75) is 25.2 Å². The van der Waals surface area contributed by atoms with E-state index in [-0.39, 0.29) is 12.3 Å². The van der Waals surface area contributed by atoms with E-state index in [2.05, 4.69) is 20.4 Å². The van der Waals surface area contributed by atoms with Gasteiger partial charge in [-0.25, -0.2) is 4.98 Å². The molecule has 92 valence electrons. The number of aromatic nitrogens is 3. The average molecular weight is 244 g/mol. The SMILES string of the molecule is O=C(Cc1noc(C2CC2)n1)Nc1ccccn1. The highest BCUT2D eigenvalue weighted by atomic mass is 16.5. The number of amides is 1. The summed E-state index contributed by atoms with van der Waals surface area (Å²) in [5.41, 5.74) is 0. The molecule has 6 nitrogen and oxygen atoms in total. The molecule has 1 amide bonds. The van der Waals surface area contributed by atoms with Crippen LogP contribution in [0.15, 0.2) is 28.9 Å². The van der Waals surface area contributed by atoms with Crippen LogP contribution in [0.2, 0.25) is 0 Å². The molecule has 0 spiro atoms. The fourth-order valence-corrected chi connectivity index (χ4v) is 1.60. The summed E-state index contributed by atoms with van der Waals surface area (Å²) in [5.74, 6) is 1.80. The molecule has 2 heterocycles. The number of pyridine rings is 1. The van der Waals surface area contributed by atoms with E-state index < -0.39 is 0 Å². The summed E-state index contributed by atoms with van der Waals surface area (Å²) in [4.78, 5) is 19.9. The maximum Gasteiger partial charge on any atom is 0.233 e. The molecule has 0 saturated heterocycles. The fraction of sp³-hybridized carbons (Fsp3) is 0.333. The second kappa shape index (κ2) is 4.56. The van der Waals surface area contributed by atoms with E-state index >= 15 is 0 Å². The average Bonchev–Trinajstić information content (AvgIpc) is 3.12. The number of nitrogens with zero attached hydrogens (tertiary/aromatic N) is 3. The summed E-state index contributed by atoms with van der Waals surface area (Å²) in [5, 5.41) is 6.46. The highest BCUT2D eigenvalue weighted by molar-refractivity contribution is 5.90. The molecule has 6 heteroatoms. The number of carbonyl (C=O) groups excluding carboxylic acids is 1. The van der Waals surface area contributed by atoms with Gasteiger partial charge in [0.15, 0.2) is 5.82 Å². The number of hydrogen-bond donors (Lipinski definition) is 1. The number of carbonyl (C=O) groups is 1. The van der Waals surface area contributed by atoms with Crippen LogP contribution in [-0.2, 0) is 11.2 Å². The van der Waals surface area contributed by atoms with E-state index in [1.54, 1.807) is 18.3 Å². The largest absolute Gasteiger partial charge is 0.339 e. The first-order valence-corrected chi connectivity index (χ1v) is 5.84. The number of rotatable bonds is 4. The Balaban J connectivity index is 1.59. The minimum absolute atomic E-state index is 0.104. The van der Waals surface area contributed by atoms with Crippen molar-refractivity contribution in [3.63, 3.8) is 0 Å². The van der Waals surface area contributed by atoms with Gasteiger partial charge in [-0.2, -0.15) is 4.98 Å². The molecule has 1 N–H and O–H groups in total. The number of anilines is 1. The quantitative estimate of drug-likeness (QED) is 0.881. The van der Waals surface area contributed by atoms with Gasteiger partial charge in [-0.1, -0.05) is 11.2 Å². The molecule has 0 aliphatic heterocycles. The van der Waals surface area contributed by atoms with Gasteiger partial charge in [0.25, 0.3) is 0 Å². The van der Waals surface area contributed by atoms with Gasteiger partial charge in [-0.3, -0.25) is 4.79 Å². The van der Waals surface area contributed by atoms with Gasteiger partial charge in [0.05, 0.1) is 6.42 Å². The Morgan fingerprint density at radius 1 is 1.44 bits per heavy atom. The van der Waals surface area contributed by atoms with Crippen molar-refractivity contribution in [3.05, 3.63) is 36.1 Å². The van der Waals surface area contributed by atoms with Crippen molar-refractivity contribution in [2.24, 2.45) is 0 Å². The third-order valence-corrected chi connectivity index (χ3v) is 2.66. The Bertz CT molecular complexity index is 548. The van der Waals surface area contributed by atoms with E-state index in [1.165, 1.54) is 0 Å². The molecule has 2 aromatic rings. The lowest BCUT2D eigenvalue weighted by Gasteiger charge is -2.00. The molecule has 3 rings (SSSR count). The van der Waals surface area contributed by atoms with Crippen LogP contribution >= 0.6 is 0 Å². The molecule has 0 atom stereocenters. The molecule has 2 aromatic heterocycles. The van der Waals surface area contributed by atoms with Crippen LogP contribution in [0, 0.1) is 0 Å². The molecule has 1 aliphatic rings. The minimum atomic E-state index is -0.197. The summed E-state index contributed by atoms with van der Waals surface area (Å²) in [7, 11) is 0. The summed E-state index contributed by atoms with van der Waals surface area (Å²) >= 11 is 0. The lowest BCUT2D eigenvalue weighted by Crippen LogP contribution is -2.15. The highest BCUT2D eigenvalue weighted by Gasteiger charge is 2.29. The zero-order valence-corrected chi connectivity index (χ0v) is 9.67. The molecule has 0 radical (unpaired) electrons. The Morgan fingerprint density at radius 3 is 3.06 bits per heavy atom. The standard InChI is InChI=1S/C12H12N4O2/c17-11(14-9-3-1-2-6-13-9)7-10-15-12(18-16-10)8-4-5-8/h1-3,6,8H,4-5,7H2,(H,13,14,17). The first-order valence-electron chi connectivity index (χ1n) is 5.84. The van der Waals surface area contributed by atoms with Crippen LogP contribution in [-0.4, -0.2) is 21.0 Å². The van der Waals surface area contributed by atoms with Crippen LogP contribution < -0.4 is 5.32 Å². The van der Waals surface area contributed by atoms with E-state index in [1.807, 2.05) is 6.07 Å². The van der Waals surface area contributed by atoms with Crippen LogP contribution in [0.3, 0.4) is 0 Å². The highest BCUT2D eigenvalue weighted by Crippen LogP contribution is 2.38. The van der Waals surface area contributed by atoms with Crippen LogP contribution in [0.25, 0.3) is 0 Å². The first-order chi connectivity index (χ1) is 8.81. The van der Waals surface area contributed by atoms with Crippen molar-refractivity contribution >= 4 is 11.7 Å². The van der Waals surface area contributed by atoms with E-state index in [0.29, 0.717) is 23.5 Å². The monoisotopic (exact) mass is 244 g/mol. The Labute approximate surface area is 103 Å². The Kier molecular flexibility index (Phi) is 2.76. The molecular formula is C12H12N4O2.